The largest absolute Gasteiger partial charge is 0.497 e. The zero-order valence-electron chi connectivity index (χ0n) is 18.8. The van der Waals surface area contributed by atoms with E-state index in [4.69, 9.17) is 15.2 Å². The van der Waals surface area contributed by atoms with Gasteiger partial charge in [-0.25, -0.2) is 0 Å². The Hall–Kier alpha value is -2.48. The maximum atomic E-state index is 11.3. The Balaban J connectivity index is 1.71. The van der Waals surface area contributed by atoms with Crippen molar-refractivity contribution in [3.05, 3.63) is 23.8 Å². The lowest BCUT2D eigenvalue weighted by Crippen LogP contribution is -2.40. The van der Waals surface area contributed by atoms with Gasteiger partial charge in [0.1, 0.15) is 11.5 Å². The average molecular weight is 420 g/mol. The van der Waals surface area contributed by atoms with Gasteiger partial charge in [-0.15, -0.1) is 0 Å². The lowest BCUT2D eigenvalue weighted by atomic mass is 9.96. The van der Waals surface area contributed by atoms with Gasteiger partial charge in [-0.2, -0.15) is 0 Å². The molecule has 0 atom stereocenters. The summed E-state index contributed by atoms with van der Waals surface area (Å²) >= 11 is 0. The van der Waals surface area contributed by atoms with Crippen molar-refractivity contribution in [1.29, 1.82) is 0 Å². The van der Waals surface area contributed by atoms with Crippen LogP contribution >= 0.6 is 0 Å². The minimum absolute atomic E-state index is 0.0612. The first-order valence-corrected chi connectivity index (χ1v) is 10.6. The number of nitrogens with one attached hydrogen (secondary N) is 1. The SMILES string of the molecule is CN=C(NCCCCN1CCC(C(N)=O)CC1)N(C)Cc1ccc(OC)cc1OC. The van der Waals surface area contributed by atoms with Gasteiger partial charge in [0.25, 0.3) is 0 Å². The number of nitrogens with two attached hydrogens (primary N) is 1. The number of carbonyl (C=O) groups excluding carboxylic acids is 1. The lowest BCUT2D eigenvalue weighted by molar-refractivity contribution is -0.123. The molecule has 3 N–H and O–H groups in total. The van der Waals surface area contributed by atoms with E-state index in [1.807, 2.05) is 25.2 Å². The zero-order chi connectivity index (χ0) is 21.9. The molecule has 0 spiro atoms. The van der Waals surface area contributed by atoms with Gasteiger partial charge >= 0.3 is 0 Å². The molecule has 0 saturated carbocycles. The smallest absolute Gasteiger partial charge is 0.220 e. The van der Waals surface area contributed by atoms with Crippen molar-refractivity contribution in [1.82, 2.24) is 15.1 Å². The van der Waals surface area contributed by atoms with Crippen LogP contribution in [0.4, 0.5) is 0 Å². The van der Waals surface area contributed by atoms with E-state index in [1.165, 1.54) is 0 Å². The van der Waals surface area contributed by atoms with Gasteiger partial charge < -0.3 is 30.3 Å². The number of rotatable bonds is 10. The summed E-state index contributed by atoms with van der Waals surface area (Å²) in [5, 5.41) is 3.44. The van der Waals surface area contributed by atoms with E-state index in [0.717, 1.165) is 74.9 Å². The van der Waals surface area contributed by atoms with Crippen LogP contribution in [-0.2, 0) is 11.3 Å². The summed E-state index contributed by atoms with van der Waals surface area (Å²) in [7, 11) is 7.13. The number of hydrogen-bond donors (Lipinski definition) is 2. The van der Waals surface area contributed by atoms with E-state index in [1.54, 1.807) is 21.3 Å². The minimum atomic E-state index is -0.151. The van der Waals surface area contributed by atoms with Gasteiger partial charge in [-0.1, -0.05) is 0 Å². The van der Waals surface area contributed by atoms with Crippen LogP contribution in [-0.4, -0.2) is 76.2 Å². The Bertz CT molecular complexity index is 702. The van der Waals surface area contributed by atoms with E-state index in [-0.39, 0.29) is 11.8 Å². The summed E-state index contributed by atoms with van der Waals surface area (Å²) in [4.78, 5) is 20.2. The van der Waals surface area contributed by atoms with Gasteiger partial charge in [0.05, 0.1) is 14.2 Å². The number of piperidine rings is 1. The zero-order valence-corrected chi connectivity index (χ0v) is 18.8. The Morgan fingerprint density at radius 3 is 2.60 bits per heavy atom. The van der Waals surface area contributed by atoms with Crippen molar-refractivity contribution < 1.29 is 14.3 Å². The molecule has 0 aliphatic carbocycles. The molecule has 30 heavy (non-hydrogen) atoms. The minimum Gasteiger partial charge on any atom is -0.497 e. The first-order chi connectivity index (χ1) is 14.5. The van der Waals surface area contributed by atoms with Gasteiger partial charge in [0, 0.05) is 44.7 Å². The molecular formula is C22H37N5O3. The molecule has 8 nitrogen and oxygen atoms in total. The molecule has 0 bridgehead atoms. The molecule has 0 aromatic heterocycles. The predicted molar refractivity (Wildman–Crippen MR) is 120 cm³/mol. The van der Waals surface area contributed by atoms with Crippen molar-refractivity contribution in [2.45, 2.75) is 32.2 Å². The maximum absolute atomic E-state index is 11.3. The number of benzene rings is 1. The normalized spacial score (nSPS) is 15.7. The van der Waals surface area contributed by atoms with Gasteiger partial charge in [0.15, 0.2) is 5.96 Å². The molecule has 1 aromatic carbocycles. The highest BCUT2D eigenvalue weighted by molar-refractivity contribution is 5.79. The maximum Gasteiger partial charge on any atom is 0.220 e. The number of nitrogens with zero attached hydrogens (tertiary/aromatic N) is 3. The Labute approximate surface area is 180 Å². The van der Waals surface area contributed by atoms with E-state index < -0.39 is 0 Å². The first-order valence-electron chi connectivity index (χ1n) is 10.6. The third kappa shape index (κ3) is 7.09. The van der Waals surface area contributed by atoms with Crippen molar-refractivity contribution in [3.8, 4) is 11.5 Å². The molecule has 1 heterocycles. The number of likely N-dealkylation sites (tertiary alicyclic amines) is 1. The van der Waals surface area contributed by atoms with Crippen LogP contribution in [0, 0.1) is 5.92 Å². The molecule has 8 heteroatoms. The molecule has 0 radical (unpaired) electrons. The molecule has 1 aromatic rings. The number of methoxy groups -OCH3 is 2. The van der Waals surface area contributed by atoms with Crippen LogP contribution in [0.2, 0.25) is 0 Å². The van der Waals surface area contributed by atoms with Crippen LogP contribution in [0.1, 0.15) is 31.2 Å². The summed E-state index contributed by atoms with van der Waals surface area (Å²) in [6, 6.07) is 5.85. The Morgan fingerprint density at radius 1 is 1.27 bits per heavy atom. The summed E-state index contributed by atoms with van der Waals surface area (Å²) in [5.74, 6) is 2.35. The van der Waals surface area contributed by atoms with Crippen molar-refractivity contribution in [3.63, 3.8) is 0 Å². The van der Waals surface area contributed by atoms with Crippen LogP contribution in [0.5, 0.6) is 11.5 Å². The van der Waals surface area contributed by atoms with Crippen LogP contribution in [0.15, 0.2) is 23.2 Å². The van der Waals surface area contributed by atoms with E-state index >= 15 is 0 Å². The summed E-state index contributed by atoms with van der Waals surface area (Å²) < 4.78 is 10.8. The highest BCUT2D eigenvalue weighted by Crippen LogP contribution is 2.25. The number of carbonyl (C=O) groups is 1. The second-order valence-corrected chi connectivity index (χ2v) is 7.73. The second kappa shape index (κ2) is 12.3. The fraction of sp³-hybridized carbons (Fsp3) is 0.636. The van der Waals surface area contributed by atoms with Crippen molar-refractivity contribution in [2.24, 2.45) is 16.6 Å². The molecule has 1 aliphatic heterocycles. The molecule has 2 rings (SSSR count). The Kier molecular flexibility index (Phi) is 9.73. The standard InChI is InChI=1S/C22H37N5O3/c1-24-22(26(2)16-18-7-8-19(29-3)15-20(18)30-4)25-11-5-6-12-27-13-9-17(10-14-27)21(23)28/h7-8,15,17H,5-6,9-14,16H2,1-4H3,(H2,23,28)(H,24,25). The summed E-state index contributed by atoms with van der Waals surface area (Å²) in [5.41, 5.74) is 6.47. The number of hydrogen-bond acceptors (Lipinski definition) is 5. The van der Waals surface area contributed by atoms with E-state index in [0.29, 0.717) is 6.54 Å². The fourth-order valence-electron chi connectivity index (χ4n) is 3.80. The van der Waals surface area contributed by atoms with Crippen LogP contribution in [0.3, 0.4) is 0 Å². The van der Waals surface area contributed by atoms with Crippen molar-refractivity contribution in [2.75, 3.05) is 54.5 Å². The van der Waals surface area contributed by atoms with Gasteiger partial charge in [-0.05, 0) is 57.5 Å². The van der Waals surface area contributed by atoms with Gasteiger partial charge in [-0.3, -0.25) is 9.79 Å². The molecule has 1 aliphatic rings. The average Bonchev–Trinajstić information content (AvgIpc) is 2.76. The third-order valence-electron chi connectivity index (χ3n) is 5.65. The van der Waals surface area contributed by atoms with E-state index in [9.17, 15) is 4.79 Å². The monoisotopic (exact) mass is 419 g/mol. The number of guanidine groups is 1. The topological polar surface area (TPSA) is 92.4 Å². The lowest BCUT2D eigenvalue weighted by Gasteiger charge is -2.30. The first kappa shape index (κ1) is 23.8. The number of unbranched alkanes of at least 4 members (excludes halogenated alkanes) is 1. The van der Waals surface area contributed by atoms with Gasteiger partial charge in [0.2, 0.25) is 5.91 Å². The number of amides is 1. The second-order valence-electron chi connectivity index (χ2n) is 7.73. The number of aliphatic imine (C=N–C) groups is 1. The van der Waals surface area contributed by atoms with Crippen molar-refractivity contribution >= 4 is 11.9 Å². The van der Waals surface area contributed by atoms with Crippen LogP contribution < -0.4 is 20.5 Å². The Morgan fingerprint density at radius 2 is 2.00 bits per heavy atom. The fourth-order valence-corrected chi connectivity index (χ4v) is 3.80. The molecular weight excluding hydrogens is 382 g/mol. The molecule has 1 amide bonds. The third-order valence-corrected chi connectivity index (χ3v) is 5.65. The summed E-state index contributed by atoms with van der Waals surface area (Å²) in [6.45, 7) is 4.55. The molecule has 1 fully saturated rings. The highest BCUT2D eigenvalue weighted by Gasteiger charge is 2.22. The quantitative estimate of drug-likeness (QED) is 0.341. The number of primary amides is 1. The summed E-state index contributed by atoms with van der Waals surface area (Å²) in [6.07, 6.45) is 3.95. The van der Waals surface area contributed by atoms with Crippen LogP contribution in [0.25, 0.3) is 0 Å². The highest BCUT2D eigenvalue weighted by atomic mass is 16.5. The predicted octanol–water partition coefficient (Wildman–Crippen LogP) is 1.69. The van der Waals surface area contributed by atoms with E-state index in [2.05, 4.69) is 20.1 Å². The molecule has 0 unspecified atom stereocenters. The molecule has 1 saturated heterocycles. The molecule has 168 valence electrons. The number of ether oxygens (including phenoxy) is 2.